The highest BCUT2D eigenvalue weighted by molar-refractivity contribution is 7.84. The minimum absolute atomic E-state index is 0.130. The molecule has 14 heteroatoms. The van der Waals surface area contributed by atoms with Crippen molar-refractivity contribution < 1.29 is 27.4 Å². The highest BCUT2D eigenvalue weighted by Gasteiger charge is 2.52. The molecule has 2 heterocycles. The van der Waals surface area contributed by atoms with Gasteiger partial charge in [0.15, 0.2) is 10.8 Å². The lowest BCUT2D eigenvalue weighted by Gasteiger charge is -2.42. The zero-order valence-corrected chi connectivity index (χ0v) is 19.4. The van der Waals surface area contributed by atoms with E-state index in [0.717, 1.165) is 17.4 Å². The van der Waals surface area contributed by atoms with Crippen molar-refractivity contribution in [1.82, 2.24) is 19.5 Å². The van der Waals surface area contributed by atoms with E-state index in [9.17, 15) is 18.0 Å². The zero-order valence-electron chi connectivity index (χ0n) is 17.8. The Morgan fingerprint density at radius 3 is 2.39 bits per heavy atom. The third-order valence-electron chi connectivity index (χ3n) is 4.38. The van der Waals surface area contributed by atoms with Crippen LogP contribution >= 0.6 is 11.3 Å². The van der Waals surface area contributed by atoms with Crippen LogP contribution in [0.15, 0.2) is 23.2 Å². The quantitative estimate of drug-likeness (QED) is 0.147. The number of nitrogen functional groups attached to an aromatic ring is 1. The van der Waals surface area contributed by atoms with Gasteiger partial charge in [-0.2, -0.15) is 8.42 Å². The minimum Gasteiger partial charge on any atom is -0.398 e. The molecule has 0 aromatic carbocycles. The molecule has 2 rings (SSSR count). The first-order valence-corrected chi connectivity index (χ1v) is 11.6. The van der Waals surface area contributed by atoms with Gasteiger partial charge in [0.1, 0.15) is 18.8 Å². The Balaban J connectivity index is 0.000000592. The van der Waals surface area contributed by atoms with Crippen molar-refractivity contribution in [1.29, 1.82) is 0 Å². The summed E-state index contributed by atoms with van der Waals surface area (Å²) in [7, 11) is -3.53. The maximum absolute atomic E-state index is 12.3. The summed E-state index contributed by atoms with van der Waals surface area (Å²) in [6.45, 7) is 13.5. The van der Waals surface area contributed by atoms with Crippen LogP contribution < -0.4 is 11.1 Å². The number of nitrogens with zero attached hydrogens (tertiary/aromatic N) is 4. The molecule has 0 radical (unpaired) electrons. The molecule has 0 saturated carbocycles. The monoisotopic (exact) mass is 476 g/mol. The van der Waals surface area contributed by atoms with Crippen LogP contribution in [0.1, 0.15) is 26.5 Å². The molecular formula is C17H28N6O6S2. The van der Waals surface area contributed by atoms with Gasteiger partial charge in [-0.05, 0) is 19.6 Å². The summed E-state index contributed by atoms with van der Waals surface area (Å²) in [6.07, 6.45) is 1.11. The SMILES string of the molecule is C=C[C@@H]1[C@H](NC(=O)C(=NOC)c2csc(N)n2)C(=O)N1S(=O)(=O)O.CCN(CC)CC. The van der Waals surface area contributed by atoms with Gasteiger partial charge in [-0.25, -0.2) is 9.29 Å². The number of hydrogen-bond donors (Lipinski definition) is 3. The van der Waals surface area contributed by atoms with Crippen LogP contribution in [0, 0.1) is 0 Å². The molecule has 2 atom stereocenters. The van der Waals surface area contributed by atoms with Crippen LogP contribution in [0.25, 0.3) is 0 Å². The van der Waals surface area contributed by atoms with Gasteiger partial charge in [0.25, 0.3) is 11.8 Å². The Morgan fingerprint density at radius 1 is 1.45 bits per heavy atom. The Kier molecular flexibility index (Phi) is 10.0. The van der Waals surface area contributed by atoms with E-state index in [0.29, 0.717) is 0 Å². The van der Waals surface area contributed by atoms with E-state index < -0.39 is 34.2 Å². The van der Waals surface area contributed by atoms with Gasteiger partial charge >= 0.3 is 10.3 Å². The van der Waals surface area contributed by atoms with Crippen LogP contribution in [0.4, 0.5) is 5.13 Å². The number of carbonyl (C=O) groups excluding carboxylic acids is 2. The highest BCUT2D eigenvalue weighted by atomic mass is 32.2. The fourth-order valence-corrected chi connectivity index (χ4v) is 4.11. The maximum atomic E-state index is 12.3. The van der Waals surface area contributed by atoms with Crippen LogP contribution in [0.5, 0.6) is 0 Å². The minimum atomic E-state index is -4.75. The van der Waals surface area contributed by atoms with E-state index in [4.69, 9.17) is 10.3 Å². The molecule has 12 nitrogen and oxygen atoms in total. The Morgan fingerprint density at radius 2 is 2.03 bits per heavy atom. The molecule has 1 aromatic rings. The highest BCUT2D eigenvalue weighted by Crippen LogP contribution is 2.24. The molecule has 1 saturated heterocycles. The van der Waals surface area contributed by atoms with Crippen molar-refractivity contribution in [2.45, 2.75) is 32.9 Å². The topological polar surface area (TPSA) is 168 Å². The van der Waals surface area contributed by atoms with Crippen LogP contribution in [-0.4, -0.2) is 83.5 Å². The summed E-state index contributed by atoms with van der Waals surface area (Å²) in [6, 6.07) is -2.35. The molecule has 0 unspecified atom stereocenters. The number of nitrogens with two attached hydrogens (primary N) is 1. The molecule has 0 bridgehead atoms. The van der Waals surface area contributed by atoms with E-state index in [1.165, 1.54) is 32.1 Å². The van der Waals surface area contributed by atoms with Gasteiger partial charge in [0.05, 0.1) is 6.04 Å². The molecular weight excluding hydrogens is 448 g/mol. The number of carbonyl (C=O) groups is 2. The largest absolute Gasteiger partial charge is 0.398 e. The summed E-state index contributed by atoms with van der Waals surface area (Å²) in [5, 5.41) is 7.50. The standard InChI is InChI=1S/C11H13N5O6S2.C6H15N/c1-3-6-8(10(18)16(6)24(19,20)21)14-9(17)7(15-22-2)5-4-23-11(12)13-5;1-4-7(5-2)6-3/h3-4,6,8H,1H2,2H3,(H2,12,13)(H,14,17)(H,19,20,21);4-6H2,1-3H3/t6-,8+;/m1./s1. The first kappa shape index (κ1) is 26.5. The summed E-state index contributed by atoms with van der Waals surface area (Å²) in [4.78, 5) is 35.0. The lowest BCUT2D eigenvalue weighted by Crippen LogP contribution is -2.71. The lowest BCUT2D eigenvalue weighted by atomic mass is 9.98. The second-order valence-corrected chi connectivity index (χ2v) is 8.28. The predicted molar refractivity (Wildman–Crippen MR) is 118 cm³/mol. The number of anilines is 1. The van der Waals surface area contributed by atoms with E-state index >= 15 is 0 Å². The number of nitrogens with one attached hydrogen (secondary N) is 1. The van der Waals surface area contributed by atoms with E-state index in [2.05, 4.69) is 52.5 Å². The number of rotatable bonds is 9. The summed E-state index contributed by atoms with van der Waals surface area (Å²) in [5.41, 5.74) is 5.38. The van der Waals surface area contributed by atoms with Crippen LogP contribution in [-0.2, 0) is 24.7 Å². The van der Waals surface area contributed by atoms with Gasteiger partial charge in [-0.1, -0.05) is 32.0 Å². The number of amides is 2. The van der Waals surface area contributed by atoms with Crippen molar-refractivity contribution in [3.05, 3.63) is 23.7 Å². The Labute approximate surface area is 185 Å². The number of thiazole rings is 1. The molecule has 4 N–H and O–H groups in total. The molecule has 1 fully saturated rings. The summed E-state index contributed by atoms with van der Waals surface area (Å²) < 4.78 is 31.4. The van der Waals surface area contributed by atoms with Crippen molar-refractivity contribution in [2.75, 3.05) is 32.5 Å². The molecule has 1 aliphatic rings. The van der Waals surface area contributed by atoms with E-state index in [-0.39, 0.29) is 20.8 Å². The first-order valence-electron chi connectivity index (χ1n) is 9.34. The van der Waals surface area contributed by atoms with Gasteiger partial charge in [-0.15, -0.1) is 17.9 Å². The number of β-lactam (4-membered cyclic amide) rings is 1. The predicted octanol–water partition coefficient (Wildman–Crippen LogP) is 0.108. The molecule has 0 aliphatic carbocycles. The third-order valence-corrected chi connectivity index (χ3v) is 5.97. The number of hydrogen-bond acceptors (Lipinski definition) is 10. The summed E-state index contributed by atoms with van der Waals surface area (Å²) in [5.74, 6) is -1.84. The van der Waals surface area contributed by atoms with Crippen molar-refractivity contribution in [2.24, 2.45) is 5.16 Å². The van der Waals surface area contributed by atoms with Crippen molar-refractivity contribution in [3.63, 3.8) is 0 Å². The second kappa shape index (κ2) is 11.7. The zero-order chi connectivity index (χ0) is 23.8. The van der Waals surface area contributed by atoms with Crippen LogP contribution in [0.2, 0.25) is 0 Å². The Bertz CT molecular complexity index is 906. The summed E-state index contributed by atoms with van der Waals surface area (Å²) >= 11 is 1.07. The van der Waals surface area contributed by atoms with Crippen molar-refractivity contribution in [3.8, 4) is 0 Å². The van der Waals surface area contributed by atoms with E-state index in [1.54, 1.807) is 0 Å². The molecule has 2 amide bonds. The van der Waals surface area contributed by atoms with E-state index in [1.807, 2.05) is 0 Å². The van der Waals surface area contributed by atoms with Gasteiger partial charge in [0.2, 0.25) is 0 Å². The maximum Gasteiger partial charge on any atom is 0.362 e. The molecule has 174 valence electrons. The fraction of sp³-hybridized carbons (Fsp3) is 0.529. The average Bonchev–Trinajstić information content (AvgIpc) is 3.14. The molecule has 1 aromatic heterocycles. The first-order chi connectivity index (χ1) is 14.5. The lowest BCUT2D eigenvalue weighted by molar-refractivity contribution is -0.142. The third kappa shape index (κ3) is 6.72. The smallest absolute Gasteiger partial charge is 0.362 e. The van der Waals surface area contributed by atoms with Gasteiger partial charge in [0, 0.05) is 5.38 Å². The molecule has 1 aliphatic heterocycles. The normalized spacial score (nSPS) is 18.7. The molecule has 31 heavy (non-hydrogen) atoms. The van der Waals surface area contributed by atoms with Gasteiger partial charge in [-0.3, -0.25) is 14.1 Å². The average molecular weight is 477 g/mol. The van der Waals surface area contributed by atoms with Crippen molar-refractivity contribution >= 4 is 44.3 Å². The second-order valence-electron chi connectivity index (χ2n) is 6.10. The fourth-order valence-electron chi connectivity index (χ4n) is 2.70. The number of aromatic nitrogens is 1. The Hall–Kier alpha value is -2.55. The molecule has 0 spiro atoms. The van der Waals surface area contributed by atoms with Gasteiger partial charge < -0.3 is 20.8 Å². The number of oxime groups is 1. The van der Waals surface area contributed by atoms with Crippen LogP contribution in [0.3, 0.4) is 0 Å².